The van der Waals surface area contributed by atoms with E-state index < -0.39 is 0 Å². The zero-order valence-corrected chi connectivity index (χ0v) is 18.8. The van der Waals surface area contributed by atoms with Crippen molar-refractivity contribution >= 4 is 42.1 Å². The number of nitrogens with zero attached hydrogens (tertiary/aromatic N) is 2. The van der Waals surface area contributed by atoms with Gasteiger partial charge in [0.05, 0.1) is 31.4 Å². The lowest BCUT2D eigenvalue weighted by Gasteiger charge is -2.35. The van der Waals surface area contributed by atoms with E-state index in [1.165, 1.54) is 11.3 Å². The van der Waals surface area contributed by atoms with Gasteiger partial charge in [0.25, 0.3) is 5.91 Å². The summed E-state index contributed by atoms with van der Waals surface area (Å²) in [5, 5.41) is 5.72. The second-order valence-electron chi connectivity index (χ2n) is 6.31. The van der Waals surface area contributed by atoms with Crippen LogP contribution in [0.5, 0.6) is 5.75 Å². The first-order valence-corrected chi connectivity index (χ1v) is 9.97. The molecule has 162 valence electrons. The molecule has 0 bridgehead atoms. The first-order valence-electron chi connectivity index (χ1n) is 9.09. The Hall–Kier alpha value is -1.42. The average molecular weight is 463 g/mol. The summed E-state index contributed by atoms with van der Waals surface area (Å²) in [6, 6.07) is 8.07. The van der Waals surface area contributed by atoms with E-state index in [-0.39, 0.29) is 36.8 Å². The molecule has 10 heteroatoms. The Morgan fingerprint density at radius 3 is 2.62 bits per heavy atom. The quantitative estimate of drug-likeness (QED) is 0.625. The molecule has 1 aliphatic rings. The van der Waals surface area contributed by atoms with Gasteiger partial charge in [0.2, 0.25) is 0 Å². The van der Waals surface area contributed by atoms with Gasteiger partial charge < -0.3 is 20.5 Å². The molecule has 1 aliphatic heterocycles. The van der Waals surface area contributed by atoms with Gasteiger partial charge in [-0.1, -0.05) is 12.1 Å². The van der Waals surface area contributed by atoms with Crippen LogP contribution in [-0.4, -0.2) is 62.3 Å². The lowest BCUT2D eigenvalue weighted by molar-refractivity contribution is 0.0162. The van der Waals surface area contributed by atoms with Crippen molar-refractivity contribution in [2.75, 3.05) is 46.5 Å². The molecule has 2 heterocycles. The number of carbonyl (C=O) groups is 1. The number of nitrogens with one attached hydrogen (secondary N) is 1. The summed E-state index contributed by atoms with van der Waals surface area (Å²) in [7, 11) is 1.65. The molecule has 3 rings (SSSR count). The van der Waals surface area contributed by atoms with Crippen molar-refractivity contribution in [2.45, 2.75) is 12.5 Å². The number of thiazole rings is 1. The maximum Gasteiger partial charge on any atom is 0.270 e. The van der Waals surface area contributed by atoms with Gasteiger partial charge in [-0.05, 0) is 24.2 Å². The Bertz CT molecular complexity index is 739. The van der Waals surface area contributed by atoms with E-state index in [2.05, 4.69) is 15.2 Å². The number of aromatic nitrogens is 1. The number of ether oxygens (including phenoxy) is 2. The molecule has 1 saturated heterocycles. The number of halogens is 2. The number of hydrogen-bond donors (Lipinski definition) is 2. The Kier molecular flexibility index (Phi) is 11.5. The van der Waals surface area contributed by atoms with E-state index in [0.717, 1.165) is 29.4 Å². The maximum atomic E-state index is 12.5. The minimum Gasteiger partial charge on any atom is -0.497 e. The van der Waals surface area contributed by atoms with Crippen molar-refractivity contribution in [3.8, 4) is 5.75 Å². The van der Waals surface area contributed by atoms with E-state index in [1.807, 2.05) is 24.3 Å². The molecule has 1 aromatic carbocycles. The van der Waals surface area contributed by atoms with E-state index >= 15 is 0 Å². The topological polar surface area (TPSA) is 89.7 Å². The molecular weight excluding hydrogens is 435 g/mol. The van der Waals surface area contributed by atoms with Crippen LogP contribution in [0.2, 0.25) is 0 Å². The molecule has 29 heavy (non-hydrogen) atoms. The average Bonchev–Trinajstić information content (AvgIpc) is 3.18. The standard InChI is InChI=1S/C19H26N4O3S.2ClH/c1-25-15-4-2-14(3-5-15)17(23-8-10-26-11-9-23)12-21-19(24)16-13-27-18(22-16)6-7-20;;/h2-5,13,17H,6-12,20H2,1H3,(H,21,24);2*1H. The van der Waals surface area contributed by atoms with E-state index in [4.69, 9.17) is 15.2 Å². The van der Waals surface area contributed by atoms with Gasteiger partial charge in [-0.2, -0.15) is 0 Å². The molecule has 0 spiro atoms. The Morgan fingerprint density at radius 1 is 1.31 bits per heavy atom. The maximum absolute atomic E-state index is 12.5. The molecule has 0 aliphatic carbocycles. The molecule has 0 radical (unpaired) electrons. The number of rotatable bonds is 8. The van der Waals surface area contributed by atoms with Gasteiger partial charge in [-0.25, -0.2) is 4.98 Å². The number of amides is 1. The zero-order chi connectivity index (χ0) is 19.1. The van der Waals surface area contributed by atoms with Gasteiger partial charge in [-0.3, -0.25) is 9.69 Å². The number of benzene rings is 1. The van der Waals surface area contributed by atoms with Gasteiger partial charge >= 0.3 is 0 Å². The summed E-state index contributed by atoms with van der Waals surface area (Å²) in [4.78, 5) is 19.2. The summed E-state index contributed by atoms with van der Waals surface area (Å²) in [5.41, 5.74) is 7.15. The fourth-order valence-corrected chi connectivity index (χ4v) is 3.90. The van der Waals surface area contributed by atoms with Crippen LogP contribution in [0.1, 0.15) is 27.1 Å². The number of morpholine rings is 1. The van der Waals surface area contributed by atoms with Crippen molar-refractivity contribution in [1.82, 2.24) is 15.2 Å². The first kappa shape index (κ1) is 25.6. The molecule has 7 nitrogen and oxygen atoms in total. The minimum atomic E-state index is -0.152. The van der Waals surface area contributed by atoms with Gasteiger partial charge in [0.1, 0.15) is 11.4 Å². The monoisotopic (exact) mass is 462 g/mol. The highest BCUT2D eigenvalue weighted by Gasteiger charge is 2.24. The van der Waals surface area contributed by atoms with Gasteiger partial charge in [0.15, 0.2) is 0 Å². The smallest absolute Gasteiger partial charge is 0.270 e. The lowest BCUT2D eigenvalue weighted by atomic mass is 10.0. The molecule has 2 aromatic rings. The Morgan fingerprint density at radius 2 is 2.00 bits per heavy atom. The fraction of sp³-hybridized carbons (Fsp3) is 0.474. The van der Waals surface area contributed by atoms with Crippen LogP contribution in [0.4, 0.5) is 0 Å². The van der Waals surface area contributed by atoms with Gasteiger partial charge in [0, 0.05) is 31.4 Å². The SMILES string of the molecule is COc1ccc(C(CNC(=O)c2csc(CCN)n2)N2CCOCC2)cc1.Cl.Cl. The number of carbonyl (C=O) groups excluding carboxylic acids is 1. The third-order valence-electron chi connectivity index (χ3n) is 4.59. The van der Waals surface area contributed by atoms with Crippen molar-refractivity contribution in [3.05, 3.63) is 45.9 Å². The first-order chi connectivity index (χ1) is 13.2. The number of nitrogens with two attached hydrogens (primary N) is 1. The highest BCUT2D eigenvalue weighted by molar-refractivity contribution is 7.09. The molecule has 0 saturated carbocycles. The minimum absolute atomic E-state index is 0. The van der Waals surface area contributed by atoms with Crippen LogP contribution < -0.4 is 15.8 Å². The third-order valence-corrected chi connectivity index (χ3v) is 5.49. The van der Waals surface area contributed by atoms with Crippen LogP contribution >= 0.6 is 36.2 Å². The highest BCUT2D eigenvalue weighted by Crippen LogP contribution is 2.24. The molecular formula is C19H28Cl2N4O3S. The normalized spacial score (nSPS) is 15.0. The van der Waals surface area contributed by atoms with Crippen molar-refractivity contribution < 1.29 is 14.3 Å². The largest absolute Gasteiger partial charge is 0.497 e. The van der Waals surface area contributed by atoms with Crippen molar-refractivity contribution in [1.29, 1.82) is 0 Å². The summed E-state index contributed by atoms with van der Waals surface area (Å²) in [6.07, 6.45) is 0.695. The lowest BCUT2D eigenvalue weighted by Crippen LogP contribution is -2.43. The van der Waals surface area contributed by atoms with E-state index in [9.17, 15) is 4.79 Å². The summed E-state index contributed by atoms with van der Waals surface area (Å²) >= 11 is 1.47. The fourth-order valence-electron chi connectivity index (χ4n) is 3.11. The van der Waals surface area contributed by atoms with E-state index in [1.54, 1.807) is 12.5 Å². The molecule has 3 N–H and O–H groups in total. The van der Waals surface area contributed by atoms with Crippen LogP contribution in [-0.2, 0) is 11.2 Å². The molecule has 1 fully saturated rings. The molecule has 1 amide bonds. The van der Waals surface area contributed by atoms with Crippen LogP contribution in [0.25, 0.3) is 0 Å². The number of hydrogen-bond acceptors (Lipinski definition) is 7. The molecule has 1 unspecified atom stereocenters. The van der Waals surface area contributed by atoms with E-state index in [0.29, 0.717) is 38.4 Å². The third kappa shape index (κ3) is 7.09. The van der Waals surface area contributed by atoms with Crippen molar-refractivity contribution in [3.63, 3.8) is 0 Å². The highest BCUT2D eigenvalue weighted by atomic mass is 35.5. The zero-order valence-electron chi connectivity index (χ0n) is 16.3. The second-order valence-corrected chi connectivity index (χ2v) is 7.26. The molecule has 1 atom stereocenters. The second kappa shape index (κ2) is 13.0. The van der Waals surface area contributed by atoms with Crippen LogP contribution in [0.15, 0.2) is 29.6 Å². The summed E-state index contributed by atoms with van der Waals surface area (Å²) in [6.45, 7) is 4.12. The van der Waals surface area contributed by atoms with Crippen LogP contribution in [0, 0.1) is 0 Å². The Labute approximate surface area is 187 Å². The van der Waals surface area contributed by atoms with Crippen LogP contribution in [0.3, 0.4) is 0 Å². The predicted molar refractivity (Wildman–Crippen MR) is 120 cm³/mol. The summed E-state index contributed by atoms with van der Waals surface area (Å²) < 4.78 is 10.7. The Balaban J connectivity index is 0.00000210. The van der Waals surface area contributed by atoms with Gasteiger partial charge in [-0.15, -0.1) is 36.2 Å². The van der Waals surface area contributed by atoms with Crippen molar-refractivity contribution in [2.24, 2.45) is 5.73 Å². The molecule has 1 aromatic heterocycles. The number of methoxy groups -OCH3 is 1. The predicted octanol–water partition coefficient (Wildman–Crippen LogP) is 2.30. The summed E-state index contributed by atoms with van der Waals surface area (Å²) in [5.74, 6) is 0.666.